The van der Waals surface area contributed by atoms with Gasteiger partial charge in [-0.3, -0.25) is 9.78 Å². The second kappa shape index (κ2) is 9.80. The van der Waals surface area contributed by atoms with Gasteiger partial charge in [-0.15, -0.1) is 0 Å². The summed E-state index contributed by atoms with van der Waals surface area (Å²) in [6, 6.07) is 12.0. The van der Waals surface area contributed by atoms with Crippen molar-refractivity contribution in [1.82, 2.24) is 9.97 Å². The van der Waals surface area contributed by atoms with Crippen LogP contribution in [0.2, 0.25) is 0 Å². The van der Waals surface area contributed by atoms with Crippen molar-refractivity contribution in [3.63, 3.8) is 0 Å². The Morgan fingerprint density at radius 3 is 2.66 bits per heavy atom. The molecule has 0 unspecified atom stereocenters. The molecule has 0 spiro atoms. The lowest BCUT2D eigenvalue weighted by Gasteiger charge is -2.31. The van der Waals surface area contributed by atoms with E-state index in [1.807, 2.05) is 64.2 Å². The Bertz CT molecular complexity index is 1580. The van der Waals surface area contributed by atoms with E-state index in [4.69, 9.17) is 29.6 Å². The van der Waals surface area contributed by atoms with Crippen LogP contribution in [0.25, 0.3) is 32.9 Å². The maximum absolute atomic E-state index is 11.9. The van der Waals surface area contributed by atoms with E-state index in [0.717, 1.165) is 56.2 Å². The van der Waals surface area contributed by atoms with E-state index in [9.17, 15) is 4.79 Å². The fourth-order valence-corrected chi connectivity index (χ4v) is 5.23. The Labute approximate surface area is 222 Å². The van der Waals surface area contributed by atoms with Gasteiger partial charge >= 0.3 is 5.97 Å². The first-order valence-electron chi connectivity index (χ1n) is 12.9. The first-order chi connectivity index (χ1) is 18.0. The summed E-state index contributed by atoms with van der Waals surface area (Å²) < 4.78 is 18.1. The first-order valence-corrected chi connectivity index (χ1v) is 12.9. The number of carbonyl (C=O) groups excluding carboxylic acids is 1. The molecule has 2 aromatic heterocycles. The van der Waals surface area contributed by atoms with Crippen LogP contribution in [0.3, 0.4) is 0 Å². The zero-order valence-corrected chi connectivity index (χ0v) is 22.8. The maximum Gasteiger partial charge on any atom is 0.302 e. The number of aryl methyl sites for hydroxylation is 1. The highest BCUT2D eigenvalue weighted by Gasteiger charge is 2.29. The molecule has 5 rings (SSSR count). The summed E-state index contributed by atoms with van der Waals surface area (Å²) in [5, 5.41) is 10.0. The smallest absolute Gasteiger partial charge is 0.302 e. The average Bonchev–Trinajstić information content (AvgIpc) is 2.85. The molecule has 0 saturated carbocycles. The number of hydrogen-bond acceptors (Lipinski definition) is 7. The Morgan fingerprint density at radius 1 is 1.16 bits per heavy atom. The van der Waals surface area contributed by atoms with Crippen molar-refractivity contribution in [1.29, 1.82) is 5.41 Å². The molecule has 0 radical (unpaired) electrons. The third-order valence-electron chi connectivity index (χ3n) is 6.72. The topological polar surface area (TPSA) is 94.4 Å². The second-order valence-corrected chi connectivity index (χ2v) is 10.8. The van der Waals surface area contributed by atoms with Crippen LogP contribution in [0.1, 0.15) is 63.1 Å². The van der Waals surface area contributed by atoms with E-state index in [1.54, 1.807) is 6.92 Å². The molecule has 7 heteroatoms. The number of nitrogens with zero attached hydrogens (tertiary/aromatic N) is 2. The zero-order chi connectivity index (χ0) is 27.2. The van der Waals surface area contributed by atoms with E-state index in [1.165, 1.54) is 12.5 Å². The van der Waals surface area contributed by atoms with E-state index in [-0.39, 0.29) is 12.6 Å². The highest BCUT2D eigenvalue weighted by Crippen LogP contribution is 2.44. The molecule has 3 heterocycles. The van der Waals surface area contributed by atoms with Crippen LogP contribution in [0.4, 0.5) is 0 Å². The zero-order valence-electron chi connectivity index (χ0n) is 22.8. The molecule has 0 fully saturated rings. The van der Waals surface area contributed by atoms with Crippen LogP contribution in [0.15, 0.2) is 42.6 Å². The number of esters is 1. The Morgan fingerprint density at radius 2 is 1.95 bits per heavy atom. The quantitative estimate of drug-likeness (QED) is 0.235. The molecule has 0 saturated heterocycles. The number of fused-ring (bicyclic) bond motifs is 1. The molecule has 1 N–H and O–H groups in total. The van der Waals surface area contributed by atoms with Crippen LogP contribution >= 0.6 is 0 Å². The van der Waals surface area contributed by atoms with Crippen molar-refractivity contribution in [3.05, 3.63) is 65.0 Å². The standard InChI is InChI=1S/C31H33N3O4/c1-17-15-24-21(7-9-23(34-24)18(2)32)29(27(17)26(16-37-19(3)35)38-31(4,5)6)22-8-10-25-28-20(12-14-36-25)11-13-33-30(22)28/h7-11,13,15,26,32H,12,14,16H2,1-6H3/t26-/m1/s1. The van der Waals surface area contributed by atoms with Crippen molar-refractivity contribution in [2.24, 2.45) is 0 Å². The van der Waals surface area contributed by atoms with Gasteiger partial charge in [-0.1, -0.05) is 0 Å². The number of ether oxygens (including phenoxy) is 3. The number of carbonyl (C=O) groups is 1. The second-order valence-electron chi connectivity index (χ2n) is 10.8. The fourth-order valence-electron chi connectivity index (χ4n) is 5.23. The lowest BCUT2D eigenvalue weighted by Crippen LogP contribution is -2.27. The number of nitrogens with one attached hydrogen (secondary N) is 1. The van der Waals surface area contributed by atoms with Crippen LogP contribution in [0, 0.1) is 12.3 Å². The number of rotatable bonds is 6. The summed E-state index contributed by atoms with van der Waals surface area (Å²) in [4.78, 5) is 21.5. The largest absolute Gasteiger partial charge is 0.493 e. The summed E-state index contributed by atoms with van der Waals surface area (Å²) in [6.45, 7) is 11.9. The summed E-state index contributed by atoms with van der Waals surface area (Å²) in [6.07, 6.45) is 2.15. The lowest BCUT2D eigenvalue weighted by molar-refractivity contribution is -0.150. The highest BCUT2D eigenvalue weighted by molar-refractivity contribution is 6.08. The molecule has 0 bridgehead atoms. The molecule has 1 aliphatic rings. The van der Waals surface area contributed by atoms with Crippen molar-refractivity contribution in [3.8, 4) is 16.9 Å². The van der Waals surface area contributed by atoms with Gasteiger partial charge in [0.05, 0.1) is 34.6 Å². The summed E-state index contributed by atoms with van der Waals surface area (Å²) in [5.41, 5.74) is 7.13. The summed E-state index contributed by atoms with van der Waals surface area (Å²) >= 11 is 0. The van der Waals surface area contributed by atoms with Crippen molar-refractivity contribution in [2.45, 2.75) is 59.7 Å². The van der Waals surface area contributed by atoms with Gasteiger partial charge in [0.1, 0.15) is 18.5 Å². The molecule has 38 heavy (non-hydrogen) atoms. The number of benzene rings is 2. The van der Waals surface area contributed by atoms with E-state index >= 15 is 0 Å². The highest BCUT2D eigenvalue weighted by atomic mass is 16.6. The van der Waals surface area contributed by atoms with Crippen molar-refractivity contribution >= 4 is 33.5 Å². The lowest BCUT2D eigenvalue weighted by atomic mass is 9.86. The van der Waals surface area contributed by atoms with Crippen molar-refractivity contribution < 1.29 is 19.0 Å². The van der Waals surface area contributed by atoms with Crippen LogP contribution in [0.5, 0.6) is 5.75 Å². The van der Waals surface area contributed by atoms with E-state index in [0.29, 0.717) is 18.0 Å². The Kier molecular flexibility index (Phi) is 6.65. The number of aromatic nitrogens is 2. The molecule has 0 amide bonds. The van der Waals surface area contributed by atoms with Gasteiger partial charge in [-0.25, -0.2) is 4.98 Å². The van der Waals surface area contributed by atoms with E-state index < -0.39 is 11.7 Å². The predicted octanol–water partition coefficient (Wildman–Crippen LogP) is 6.50. The minimum absolute atomic E-state index is 0.0782. The monoisotopic (exact) mass is 511 g/mol. The molecule has 1 atom stereocenters. The van der Waals surface area contributed by atoms with E-state index in [2.05, 4.69) is 6.07 Å². The molecule has 1 aliphatic heterocycles. The molecule has 7 nitrogen and oxygen atoms in total. The van der Waals surface area contributed by atoms with Gasteiger partial charge in [-0.2, -0.15) is 0 Å². The third-order valence-corrected chi connectivity index (χ3v) is 6.72. The summed E-state index contributed by atoms with van der Waals surface area (Å²) in [7, 11) is 0. The van der Waals surface area contributed by atoms with Crippen LogP contribution in [-0.2, 0) is 20.7 Å². The minimum Gasteiger partial charge on any atom is -0.493 e. The maximum atomic E-state index is 11.9. The fraction of sp³-hybridized carbons (Fsp3) is 0.355. The van der Waals surface area contributed by atoms with Crippen molar-refractivity contribution in [2.75, 3.05) is 13.2 Å². The van der Waals surface area contributed by atoms with Gasteiger partial charge < -0.3 is 19.6 Å². The van der Waals surface area contributed by atoms with Gasteiger partial charge in [-0.05, 0) is 93.3 Å². The Balaban J connectivity index is 1.87. The number of pyridine rings is 2. The predicted molar refractivity (Wildman–Crippen MR) is 149 cm³/mol. The van der Waals surface area contributed by atoms with Gasteiger partial charge in [0.2, 0.25) is 0 Å². The molecular weight excluding hydrogens is 478 g/mol. The molecule has 0 aliphatic carbocycles. The van der Waals surface area contributed by atoms with Gasteiger partial charge in [0.15, 0.2) is 0 Å². The normalized spacial score (nSPS) is 13.8. The van der Waals surface area contributed by atoms with Gasteiger partial charge in [0, 0.05) is 35.9 Å². The summed E-state index contributed by atoms with van der Waals surface area (Å²) in [5.74, 6) is 0.472. The first kappa shape index (κ1) is 25.8. The molecule has 2 aromatic carbocycles. The molecule has 4 aromatic rings. The Hall–Kier alpha value is -3.84. The average molecular weight is 512 g/mol. The van der Waals surface area contributed by atoms with Gasteiger partial charge in [0.25, 0.3) is 0 Å². The molecular formula is C31H33N3O4. The number of hydrogen-bond donors (Lipinski definition) is 1. The van der Waals surface area contributed by atoms with Crippen LogP contribution in [-0.4, -0.2) is 40.5 Å². The SMILES string of the molecule is CC(=N)c1ccc2c(-c3ccc4c5c(ccnc35)CCO4)c([C@@H](COC(C)=O)OC(C)(C)C)c(C)cc2n1. The third kappa shape index (κ3) is 4.86. The van der Waals surface area contributed by atoms with Crippen LogP contribution < -0.4 is 4.74 Å². The minimum atomic E-state index is -0.524. The molecule has 196 valence electrons.